The number of ether oxygens (including phenoxy) is 1. The van der Waals surface area contributed by atoms with Gasteiger partial charge in [0.1, 0.15) is 16.3 Å². The van der Waals surface area contributed by atoms with Crippen molar-refractivity contribution in [2.45, 2.75) is 63.4 Å². The van der Waals surface area contributed by atoms with Crippen molar-refractivity contribution in [1.29, 1.82) is 0 Å². The molecule has 1 heterocycles. The number of rotatable bonds is 2. The third kappa shape index (κ3) is 3.64. The van der Waals surface area contributed by atoms with Gasteiger partial charge in [-0.2, -0.15) is 0 Å². The predicted molar refractivity (Wildman–Crippen MR) is 96.8 cm³/mol. The number of hydrogen-bond donors (Lipinski definition) is 1. The summed E-state index contributed by atoms with van der Waals surface area (Å²) in [5.74, 6) is 0.326. The topological polar surface area (TPSA) is 46.5 Å². The van der Waals surface area contributed by atoms with Crippen molar-refractivity contribution in [1.82, 2.24) is 0 Å². The molecule has 1 aliphatic heterocycles. The number of aliphatic hydroxyl groups is 1. The lowest BCUT2D eigenvalue weighted by atomic mass is 9.66. The van der Waals surface area contributed by atoms with E-state index in [0.717, 1.165) is 24.2 Å². The third-order valence-electron chi connectivity index (χ3n) is 5.24. The Hall–Kier alpha value is -1.42. The molecule has 1 saturated carbocycles. The maximum Gasteiger partial charge on any atom is 0.349 e. The molecule has 0 amide bonds. The number of hydrogen-bond acceptors (Lipinski definition) is 4. The van der Waals surface area contributed by atoms with Gasteiger partial charge in [-0.1, -0.05) is 50.7 Å². The van der Waals surface area contributed by atoms with Gasteiger partial charge < -0.3 is 9.84 Å². The van der Waals surface area contributed by atoms with Crippen LogP contribution < -0.4 is 0 Å². The second kappa shape index (κ2) is 6.47. The van der Waals surface area contributed by atoms with Crippen molar-refractivity contribution in [3.8, 4) is 0 Å². The van der Waals surface area contributed by atoms with Crippen LogP contribution in [-0.2, 0) is 9.53 Å². The van der Waals surface area contributed by atoms with E-state index in [9.17, 15) is 9.90 Å². The first-order valence-corrected chi connectivity index (χ1v) is 9.49. The number of thioether (sulfide) groups is 1. The van der Waals surface area contributed by atoms with Crippen LogP contribution in [0.1, 0.15) is 52.9 Å². The summed E-state index contributed by atoms with van der Waals surface area (Å²) in [6.45, 7) is 6.73. The first-order chi connectivity index (χ1) is 11.3. The van der Waals surface area contributed by atoms with Crippen LogP contribution in [0, 0.1) is 11.3 Å². The molecule has 1 aromatic carbocycles. The fourth-order valence-corrected chi connectivity index (χ4v) is 4.65. The fourth-order valence-electron chi connectivity index (χ4n) is 3.81. The molecule has 1 spiro atoms. The predicted octanol–water partition coefficient (Wildman–Crippen LogP) is 5.47. The Morgan fingerprint density at radius 1 is 1.25 bits per heavy atom. The van der Waals surface area contributed by atoms with Gasteiger partial charge >= 0.3 is 5.97 Å². The average Bonchev–Trinajstić information content (AvgIpc) is 2.51. The Bertz CT molecular complexity index is 645. The molecular weight excluding hydrogens is 320 g/mol. The van der Waals surface area contributed by atoms with Gasteiger partial charge in [0.05, 0.1) is 0 Å². The summed E-state index contributed by atoms with van der Waals surface area (Å²) in [6, 6.07) is 9.63. The number of aliphatic hydroxyl groups excluding tert-OH is 1. The van der Waals surface area contributed by atoms with Crippen molar-refractivity contribution in [2.24, 2.45) is 11.3 Å². The summed E-state index contributed by atoms with van der Waals surface area (Å²) in [5, 5.41) is 10.6. The Morgan fingerprint density at radius 2 is 1.96 bits per heavy atom. The largest absolute Gasteiger partial charge is 0.511 e. The molecule has 3 rings (SSSR count). The molecule has 0 saturated heterocycles. The normalized spacial score (nSPS) is 28.1. The molecule has 1 fully saturated rings. The molecule has 3 nitrogen and oxygen atoms in total. The molecule has 2 atom stereocenters. The maximum absolute atomic E-state index is 12.6. The highest BCUT2D eigenvalue weighted by molar-refractivity contribution is 8.04. The van der Waals surface area contributed by atoms with Crippen LogP contribution in [0.15, 0.2) is 45.9 Å². The smallest absolute Gasteiger partial charge is 0.349 e. The van der Waals surface area contributed by atoms with Crippen LogP contribution >= 0.6 is 11.8 Å². The molecule has 130 valence electrons. The van der Waals surface area contributed by atoms with Crippen molar-refractivity contribution in [3.63, 3.8) is 0 Å². The van der Waals surface area contributed by atoms with Crippen LogP contribution in [0.2, 0.25) is 0 Å². The van der Waals surface area contributed by atoms with Crippen LogP contribution in [0.25, 0.3) is 0 Å². The van der Waals surface area contributed by atoms with Gasteiger partial charge in [-0.05, 0) is 49.1 Å². The monoisotopic (exact) mass is 346 g/mol. The molecule has 0 bridgehead atoms. The van der Waals surface area contributed by atoms with E-state index in [2.05, 4.69) is 20.8 Å². The van der Waals surface area contributed by atoms with Gasteiger partial charge in [-0.3, -0.25) is 0 Å². The highest BCUT2D eigenvalue weighted by Gasteiger charge is 2.47. The zero-order valence-corrected chi connectivity index (χ0v) is 15.5. The maximum atomic E-state index is 12.6. The summed E-state index contributed by atoms with van der Waals surface area (Å²) >= 11 is 1.29. The minimum atomic E-state index is -0.516. The molecule has 1 aliphatic carbocycles. The van der Waals surface area contributed by atoms with E-state index in [-0.39, 0.29) is 17.1 Å². The van der Waals surface area contributed by atoms with Crippen LogP contribution in [0.3, 0.4) is 0 Å². The molecule has 1 N–H and O–H groups in total. The van der Waals surface area contributed by atoms with E-state index in [1.54, 1.807) is 0 Å². The van der Waals surface area contributed by atoms with E-state index in [0.29, 0.717) is 17.2 Å². The van der Waals surface area contributed by atoms with Crippen LogP contribution in [0.5, 0.6) is 0 Å². The number of benzene rings is 1. The van der Waals surface area contributed by atoms with Gasteiger partial charge in [0, 0.05) is 11.3 Å². The van der Waals surface area contributed by atoms with Crippen LogP contribution in [-0.4, -0.2) is 16.7 Å². The molecular formula is C20H26O3S. The average molecular weight is 346 g/mol. The first kappa shape index (κ1) is 17.4. The molecule has 0 aromatic heterocycles. The lowest BCUT2D eigenvalue weighted by Gasteiger charge is -2.46. The van der Waals surface area contributed by atoms with Gasteiger partial charge in [-0.15, -0.1) is 0 Å². The second-order valence-electron chi connectivity index (χ2n) is 8.10. The van der Waals surface area contributed by atoms with Gasteiger partial charge in [0.25, 0.3) is 0 Å². The fraction of sp³-hybridized carbons (Fsp3) is 0.550. The highest BCUT2D eigenvalue weighted by Crippen LogP contribution is 2.49. The lowest BCUT2D eigenvalue weighted by Crippen LogP contribution is -2.45. The number of carbonyl (C=O) groups is 1. The molecule has 24 heavy (non-hydrogen) atoms. The van der Waals surface area contributed by atoms with Crippen molar-refractivity contribution in [2.75, 3.05) is 0 Å². The van der Waals surface area contributed by atoms with Crippen LogP contribution in [0.4, 0.5) is 0 Å². The van der Waals surface area contributed by atoms with E-state index < -0.39 is 5.60 Å². The minimum Gasteiger partial charge on any atom is -0.511 e. The second-order valence-corrected chi connectivity index (χ2v) is 9.18. The van der Waals surface area contributed by atoms with Gasteiger partial charge in [0.2, 0.25) is 0 Å². The highest BCUT2D eigenvalue weighted by atomic mass is 32.2. The quantitative estimate of drug-likeness (QED) is 0.721. The summed E-state index contributed by atoms with van der Waals surface area (Å²) in [5.41, 5.74) is -0.323. The van der Waals surface area contributed by atoms with Gasteiger partial charge in [-0.25, -0.2) is 4.79 Å². The van der Waals surface area contributed by atoms with E-state index in [1.165, 1.54) is 18.2 Å². The lowest BCUT2D eigenvalue weighted by molar-refractivity contribution is -0.165. The van der Waals surface area contributed by atoms with Gasteiger partial charge in [0.15, 0.2) is 0 Å². The Kier molecular flexibility index (Phi) is 4.69. The standard InChI is InChI=1S/C20H26O3S/c1-19(2,3)14-8-7-11-20(12-14)13-16(21)17(18(22)23-20)24-15-9-5-4-6-10-15/h4-6,9-10,14,21H,7-8,11-13H2,1-3H3. The van der Waals surface area contributed by atoms with E-state index >= 15 is 0 Å². The molecule has 0 radical (unpaired) electrons. The summed E-state index contributed by atoms with van der Waals surface area (Å²) in [4.78, 5) is 13.8. The number of esters is 1. The zero-order chi connectivity index (χ0) is 17.4. The van der Waals surface area contributed by atoms with E-state index in [1.807, 2.05) is 30.3 Å². The van der Waals surface area contributed by atoms with Crippen molar-refractivity contribution in [3.05, 3.63) is 41.0 Å². The summed E-state index contributed by atoms with van der Waals surface area (Å²) in [6.07, 6.45) is 4.34. The van der Waals surface area contributed by atoms with Crippen molar-refractivity contribution >= 4 is 17.7 Å². The Balaban J connectivity index is 1.80. The number of carbonyl (C=O) groups excluding carboxylic acids is 1. The summed E-state index contributed by atoms with van der Waals surface area (Å²) < 4.78 is 5.92. The third-order valence-corrected chi connectivity index (χ3v) is 6.35. The molecule has 2 unspecified atom stereocenters. The van der Waals surface area contributed by atoms with E-state index in [4.69, 9.17) is 4.74 Å². The SMILES string of the molecule is CC(C)(C)C1CCCC2(CC(O)=C(Sc3ccccc3)C(=O)O2)C1. The first-order valence-electron chi connectivity index (χ1n) is 8.67. The van der Waals surface area contributed by atoms with Crippen molar-refractivity contribution < 1.29 is 14.6 Å². The molecule has 4 heteroatoms. The Morgan fingerprint density at radius 3 is 2.58 bits per heavy atom. The molecule has 2 aliphatic rings. The minimum absolute atomic E-state index is 0.190. The zero-order valence-electron chi connectivity index (χ0n) is 14.7. The molecule has 1 aromatic rings. The summed E-state index contributed by atoms with van der Waals surface area (Å²) in [7, 11) is 0. The Labute approximate surface area is 148 Å².